The fourth-order valence-corrected chi connectivity index (χ4v) is 1.58. The van der Waals surface area contributed by atoms with Gasteiger partial charge in [-0.15, -0.1) is 0 Å². The largest absolute Gasteiger partial charge is 0.391 e. The molecule has 0 bridgehead atoms. The van der Waals surface area contributed by atoms with Gasteiger partial charge in [0.1, 0.15) is 6.04 Å². The van der Waals surface area contributed by atoms with Gasteiger partial charge in [-0.1, -0.05) is 36.3 Å². The first kappa shape index (κ1) is 12.7. The van der Waals surface area contributed by atoms with E-state index in [1.54, 1.807) is 6.92 Å². The molecule has 2 unspecified atom stereocenters. The van der Waals surface area contributed by atoms with Gasteiger partial charge in [-0.2, -0.15) is 4.98 Å². The van der Waals surface area contributed by atoms with Crippen LogP contribution in [0.1, 0.15) is 31.3 Å². The standard InChI is InChI=1S/C13H17N3O2/c1-3-9-4-6-10(7-5-9)12-15-13(18-16-12)11(14)8(2)17/h4-8,11,17H,3,14H2,1-2H3. The van der Waals surface area contributed by atoms with Gasteiger partial charge in [-0.05, 0) is 18.9 Å². The van der Waals surface area contributed by atoms with Crippen LogP contribution >= 0.6 is 0 Å². The van der Waals surface area contributed by atoms with Crippen molar-refractivity contribution in [1.29, 1.82) is 0 Å². The zero-order valence-electron chi connectivity index (χ0n) is 10.5. The van der Waals surface area contributed by atoms with Crippen molar-refractivity contribution in [1.82, 2.24) is 10.1 Å². The first-order valence-corrected chi connectivity index (χ1v) is 5.98. The van der Waals surface area contributed by atoms with E-state index in [0.717, 1.165) is 12.0 Å². The Morgan fingerprint density at radius 2 is 2.00 bits per heavy atom. The summed E-state index contributed by atoms with van der Waals surface area (Å²) in [6, 6.07) is 7.30. The fourth-order valence-electron chi connectivity index (χ4n) is 1.58. The minimum Gasteiger partial charge on any atom is -0.391 e. The molecule has 18 heavy (non-hydrogen) atoms. The summed E-state index contributed by atoms with van der Waals surface area (Å²) in [4.78, 5) is 4.19. The lowest BCUT2D eigenvalue weighted by molar-refractivity contribution is 0.146. The van der Waals surface area contributed by atoms with E-state index >= 15 is 0 Å². The number of nitrogens with two attached hydrogens (primary N) is 1. The van der Waals surface area contributed by atoms with Crippen LogP contribution < -0.4 is 5.73 Å². The van der Waals surface area contributed by atoms with Gasteiger partial charge in [0.15, 0.2) is 0 Å². The highest BCUT2D eigenvalue weighted by Crippen LogP contribution is 2.19. The average molecular weight is 247 g/mol. The summed E-state index contributed by atoms with van der Waals surface area (Å²) in [5, 5.41) is 13.2. The SMILES string of the molecule is CCc1ccc(-c2noc(C(N)C(C)O)n2)cc1. The molecule has 3 N–H and O–H groups in total. The number of rotatable bonds is 4. The molecule has 1 heterocycles. The van der Waals surface area contributed by atoms with Crippen LogP contribution in [0.15, 0.2) is 28.8 Å². The van der Waals surface area contributed by atoms with Crippen LogP contribution in [0.5, 0.6) is 0 Å². The quantitative estimate of drug-likeness (QED) is 0.858. The Bertz CT molecular complexity index is 505. The van der Waals surface area contributed by atoms with Crippen LogP contribution in [-0.4, -0.2) is 21.4 Å². The molecule has 5 nitrogen and oxygen atoms in total. The first-order valence-electron chi connectivity index (χ1n) is 5.98. The van der Waals surface area contributed by atoms with Crippen LogP contribution in [0.25, 0.3) is 11.4 Å². The Kier molecular flexibility index (Phi) is 3.74. The highest BCUT2D eigenvalue weighted by molar-refractivity contribution is 5.54. The van der Waals surface area contributed by atoms with Gasteiger partial charge in [-0.3, -0.25) is 0 Å². The normalized spacial score (nSPS) is 14.4. The molecule has 2 aromatic rings. The first-order chi connectivity index (χ1) is 8.61. The monoisotopic (exact) mass is 247 g/mol. The number of aliphatic hydroxyl groups is 1. The summed E-state index contributed by atoms with van der Waals surface area (Å²) in [6.45, 7) is 3.69. The molecular formula is C13H17N3O2. The van der Waals surface area contributed by atoms with E-state index in [1.807, 2.05) is 24.3 Å². The molecule has 0 spiro atoms. The van der Waals surface area contributed by atoms with E-state index in [9.17, 15) is 5.11 Å². The molecule has 2 rings (SSSR count). The third-order valence-electron chi connectivity index (χ3n) is 2.87. The summed E-state index contributed by atoms with van der Waals surface area (Å²) >= 11 is 0. The number of aliphatic hydroxyl groups excluding tert-OH is 1. The molecule has 0 amide bonds. The van der Waals surface area contributed by atoms with Crippen LogP contribution in [-0.2, 0) is 6.42 Å². The van der Waals surface area contributed by atoms with Crippen LogP contribution in [0.4, 0.5) is 0 Å². The van der Waals surface area contributed by atoms with Crippen LogP contribution in [0, 0.1) is 0 Å². The zero-order valence-corrected chi connectivity index (χ0v) is 10.5. The predicted molar refractivity (Wildman–Crippen MR) is 67.7 cm³/mol. The van der Waals surface area contributed by atoms with Gasteiger partial charge in [0, 0.05) is 5.56 Å². The van der Waals surface area contributed by atoms with Crippen molar-refractivity contribution < 1.29 is 9.63 Å². The predicted octanol–water partition coefficient (Wildman–Crippen LogP) is 1.68. The lowest BCUT2D eigenvalue weighted by Crippen LogP contribution is -2.23. The summed E-state index contributed by atoms with van der Waals surface area (Å²) in [5.41, 5.74) is 7.86. The van der Waals surface area contributed by atoms with Gasteiger partial charge >= 0.3 is 0 Å². The highest BCUT2D eigenvalue weighted by Gasteiger charge is 2.19. The van der Waals surface area contributed by atoms with Gasteiger partial charge in [0.2, 0.25) is 11.7 Å². The van der Waals surface area contributed by atoms with Gasteiger partial charge < -0.3 is 15.4 Å². The Morgan fingerprint density at radius 1 is 1.33 bits per heavy atom. The zero-order chi connectivity index (χ0) is 13.1. The number of nitrogens with zero attached hydrogens (tertiary/aromatic N) is 2. The third kappa shape index (κ3) is 2.57. The topological polar surface area (TPSA) is 85.2 Å². The maximum Gasteiger partial charge on any atom is 0.246 e. The molecule has 0 saturated carbocycles. The molecule has 0 saturated heterocycles. The molecule has 1 aromatic carbocycles. The summed E-state index contributed by atoms with van der Waals surface area (Å²) in [6.07, 6.45) is 0.269. The molecule has 1 aromatic heterocycles. The second-order valence-electron chi connectivity index (χ2n) is 4.27. The lowest BCUT2D eigenvalue weighted by Gasteiger charge is -2.08. The van der Waals surface area contributed by atoms with Gasteiger partial charge in [0.25, 0.3) is 0 Å². The van der Waals surface area contributed by atoms with E-state index in [1.165, 1.54) is 5.56 Å². The second kappa shape index (κ2) is 5.29. The van der Waals surface area contributed by atoms with E-state index in [0.29, 0.717) is 5.82 Å². The summed E-state index contributed by atoms with van der Waals surface area (Å²) in [5.74, 6) is 0.739. The minimum atomic E-state index is -0.722. The third-order valence-corrected chi connectivity index (χ3v) is 2.87. The van der Waals surface area contributed by atoms with Crippen molar-refractivity contribution in [2.45, 2.75) is 32.4 Å². The molecule has 0 aliphatic heterocycles. The summed E-state index contributed by atoms with van der Waals surface area (Å²) in [7, 11) is 0. The molecule has 2 atom stereocenters. The molecule has 0 radical (unpaired) electrons. The van der Waals surface area contributed by atoms with Crippen molar-refractivity contribution in [3.8, 4) is 11.4 Å². The number of aromatic nitrogens is 2. The summed E-state index contributed by atoms with van der Waals surface area (Å²) < 4.78 is 5.05. The number of benzene rings is 1. The van der Waals surface area contributed by atoms with E-state index < -0.39 is 12.1 Å². The van der Waals surface area contributed by atoms with Gasteiger partial charge in [0.05, 0.1) is 6.10 Å². The Labute approximate surface area is 106 Å². The molecule has 0 aliphatic carbocycles. The molecule has 0 fully saturated rings. The molecule has 0 aliphatic rings. The van der Waals surface area contributed by atoms with Gasteiger partial charge in [-0.25, -0.2) is 0 Å². The molecular weight excluding hydrogens is 230 g/mol. The van der Waals surface area contributed by atoms with E-state index in [-0.39, 0.29) is 5.89 Å². The van der Waals surface area contributed by atoms with Crippen molar-refractivity contribution in [3.05, 3.63) is 35.7 Å². The molecule has 96 valence electrons. The highest BCUT2D eigenvalue weighted by atomic mass is 16.5. The van der Waals surface area contributed by atoms with Crippen molar-refractivity contribution >= 4 is 0 Å². The van der Waals surface area contributed by atoms with Crippen molar-refractivity contribution in [2.24, 2.45) is 5.73 Å². The van der Waals surface area contributed by atoms with Crippen LogP contribution in [0.3, 0.4) is 0 Å². The minimum absolute atomic E-state index is 0.250. The number of hydrogen-bond donors (Lipinski definition) is 2. The maximum absolute atomic E-state index is 9.37. The smallest absolute Gasteiger partial charge is 0.246 e. The Morgan fingerprint density at radius 3 is 2.56 bits per heavy atom. The number of hydrogen-bond acceptors (Lipinski definition) is 5. The van der Waals surface area contributed by atoms with Crippen molar-refractivity contribution in [2.75, 3.05) is 0 Å². The average Bonchev–Trinajstić information content (AvgIpc) is 2.87. The van der Waals surface area contributed by atoms with Crippen molar-refractivity contribution in [3.63, 3.8) is 0 Å². The van der Waals surface area contributed by atoms with E-state index in [2.05, 4.69) is 17.1 Å². The molecule has 5 heteroatoms. The maximum atomic E-state index is 9.37. The lowest BCUT2D eigenvalue weighted by atomic mass is 10.1. The Hall–Kier alpha value is -1.72. The second-order valence-corrected chi connectivity index (χ2v) is 4.27. The van der Waals surface area contributed by atoms with E-state index in [4.69, 9.17) is 10.3 Å². The van der Waals surface area contributed by atoms with Crippen LogP contribution in [0.2, 0.25) is 0 Å². The fraction of sp³-hybridized carbons (Fsp3) is 0.385. The number of aryl methyl sites for hydroxylation is 1. The Balaban J connectivity index is 2.23.